The van der Waals surface area contributed by atoms with E-state index < -0.39 is 12.1 Å². The lowest BCUT2D eigenvalue weighted by Crippen LogP contribution is -2.55. The first-order valence-electron chi connectivity index (χ1n) is 8.02. The number of nitriles is 1. The second kappa shape index (κ2) is 7.54. The van der Waals surface area contributed by atoms with Crippen molar-refractivity contribution in [2.24, 2.45) is 5.92 Å². The number of nitrogens with zero attached hydrogens (tertiary/aromatic N) is 3. The third-order valence-corrected chi connectivity index (χ3v) is 5.33. The van der Waals surface area contributed by atoms with E-state index in [2.05, 4.69) is 21.3 Å². The van der Waals surface area contributed by atoms with Crippen LogP contribution in [0.15, 0.2) is 29.8 Å². The number of hydrogen-bond donors (Lipinski definition) is 2. The average molecular weight is 396 g/mol. The highest BCUT2D eigenvalue weighted by Crippen LogP contribution is 2.35. The zero-order chi connectivity index (χ0) is 19.6. The second-order valence-electron chi connectivity index (χ2n) is 6.12. The van der Waals surface area contributed by atoms with Gasteiger partial charge < -0.3 is 15.3 Å². The number of rotatable bonds is 2. The summed E-state index contributed by atoms with van der Waals surface area (Å²) < 4.78 is 31.7. The molecule has 142 valence electrons. The Balaban J connectivity index is 0.000000260. The minimum Gasteiger partial charge on any atom is -0.475 e. The van der Waals surface area contributed by atoms with Gasteiger partial charge in [-0.2, -0.15) is 18.4 Å². The van der Waals surface area contributed by atoms with Gasteiger partial charge in [-0.15, -0.1) is 11.3 Å². The summed E-state index contributed by atoms with van der Waals surface area (Å²) in [6, 6.07) is 8.85. The van der Waals surface area contributed by atoms with E-state index >= 15 is 0 Å². The minimum absolute atomic E-state index is 0.580. The minimum atomic E-state index is -5.08. The van der Waals surface area contributed by atoms with Crippen molar-refractivity contribution >= 4 is 23.0 Å². The summed E-state index contributed by atoms with van der Waals surface area (Å²) in [7, 11) is 0. The predicted molar refractivity (Wildman–Crippen MR) is 93.4 cm³/mol. The van der Waals surface area contributed by atoms with E-state index in [-0.39, 0.29) is 0 Å². The van der Waals surface area contributed by atoms with E-state index in [1.54, 1.807) is 11.3 Å². The van der Waals surface area contributed by atoms with Crippen molar-refractivity contribution in [2.45, 2.75) is 12.2 Å². The van der Waals surface area contributed by atoms with Crippen LogP contribution < -0.4 is 10.2 Å². The van der Waals surface area contributed by atoms with Crippen LogP contribution in [0.5, 0.6) is 0 Å². The average Bonchev–Trinajstić information content (AvgIpc) is 3.25. The second-order valence-corrected chi connectivity index (χ2v) is 7.07. The van der Waals surface area contributed by atoms with Gasteiger partial charge >= 0.3 is 12.1 Å². The smallest absolute Gasteiger partial charge is 0.475 e. The third kappa shape index (κ3) is 4.04. The molecule has 6 nitrogen and oxygen atoms in total. The Hall–Kier alpha value is -2.64. The first kappa shape index (κ1) is 19.1. The molecule has 2 aliphatic rings. The molecule has 4 heterocycles. The van der Waals surface area contributed by atoms with Crippen molar-refractivity contribution in [3.05, 3.63) is 35.3 Å². The van der Waals surface area contributed by atoms with E-state index in [9.17, 15) is 18.4 Å². The first-order valence-corrected chi connectivity index (χ1v) is 8.90. The van der Waals surface area contributed by atoms with Crippen LogP contribution in [0.4, 0.5) is 18.9 Å². The molecule has 0 bridgehead atoms. The molecule has 0 amide bonds. The summed E-state index contributed by atoms with van der Waals surface area (Å²) in [5.41, 5.74) is 2.54. The third-order valence-electron chi connectivity index (χ3n) is 4.46. The summed E-state index contributed by atoms with van der Waals surface area (Å²) in [6.45, 7) is 3.23. The zero-order valence-electron chi connectivity index (χ0n) is 13.9. The van der Waals surface area contributed by atoms with Crippen molar-refractivity contribution in [1.29, 1.82) is 5.26 Å². The Kier molecular flexibility index (Phi) is 5.34. The molecule has 2 unspecified atom stereocenters. The van der Waals surface area contributed by atoms with Crippen molar-refractivity contribution in [1.82, 2.24) is 10.3 Å². The molecule has 2 fully saturated rings. The van der Waals surface area contributed by atoms with Gasteiger partial charge in [0.2, 0.25) is 0 Å². The predicted octanol–water partition coefficient (Wildman–Crippen LogP) is 2.72. The molecule has 10 heteroatoms. The summed E-state index contributed by atoms with van der Waals surface area (Å²) in [4.78, 5) is 16.8. The Bertz CT molecular complexity index is 864. The van der Waals surface area contributed by atoms with Crippen LogP contribution in [0.25, 0.3) is 10.6 Å². The Morgan fingerprint density at radius 1 is 1.44 bits per heavy atom. The van der Waals surface area contributed by atoms with Crippen LogP contribution in [0, 0.1) is 17.2 Å². The lowest BCUT2D eigenvalue weighted by molar-refractivity contribution is -0.192. The Morgan fingerprint density at radius 2 is 2.19 bits per heavy atom. The number of alkyl halides is 3. The summed E-state index contributed by atoms with van der Waals surface area (Å²) in [5, 5.41) is 21.9. The van der Waals surface area contributed by atoms with Crippen molar-refractivity contribution < 1.29 is 23.1 Å². The molecule has 2 atom stereocenters. The number of aliphatic carboxylic acids is 1. The molecule has 2 aliphatic heterocycles. The number of carbonyl (C=O) groups is 1. The maximum atomic E-state index is 10.6. The van der Waals surface area contributed by atoms with Crippen LogP contribution in [-0.2, 0) is 4.79 Å². The van der Waals surface area contributed by atoms with Gasteiger partial charge in [-0.3, -0.25) is 4.98 Å². The molecule has 0 radical (unpaired) electrons. The van der Waals surface area contributed by atoms with Crippen LogP contribution in [-0.4, -0.2) is 47.9 Å². The number of hydrogen-bond acceptors (Lipinski definition) is 6. The molecule has 2 N–H and O–H groups in total. The molecule has 4 rings (SSSR count). The van der Waals surface area contributed by atoms with Gasteiger partial charge in [-0.25, -0.2) is 4.79 Å². The van der Waals surface area contributed by atoms with Crippen LogP contribution in [0.2, 0.25) is 0 Å². The van der Waals surface area contributed by atoms with Crippen LogP contribution in [0.3, 0.4) is 0 Å². The highest BCUT2D eigenvalue weighted by Gasteiger charge is 2.42. The number of fused-ring (bicyclic) bond motifs is 1. The highest BCUT2D eigenvalue weighted by atomic mass is 32.1. The SMILES string of the molecule is N#Cc1cc(N2CC3CNCC32)cnc1-c1cccs1.O=C(O)C(F)(F)F. The summed E-state index contributed by atoms with van der Waals surface area (Å²) in [6.07, 6.45) is -3.18. The van der Waals surface area contributed by atoms with E-state index in [0.29, 0.717) is 11.6 Å². The standard InChI is InChI=1S/C15H14N4S.C2HF3O2/c16-5-10-4-12(19-9-11-6-17-8-13(11)19)7-18-15(10)14-2-1-3-20-14;3-2(4,5)1(6)7/h1-4,7,11,13,17H,6,8-9H2;(H,6,7). The summed E-state index contributed by atoms with van der Waals surface area (Å²) in [5.74, 6) is -2.00. The molecule has 0 saturated carbocycles. The van der Waals surface area contributed by atoms with E-state index in [1.807, 2.05) is 29.8 Å². The van der Waals surface area contributed by atoms with Crippen LogP contribution in [0.1, 0.15) is 5.56 Å². The van der Waals surface area contributed by atoms with Gasteiger partial charge in [0.05, 0.1) is 28.0 Å². The van der Waals surface area contributed by atoms with Crippen LogP contribution >= 0.6 is 11.3 Å². The van der Waals surface area contributed by atoms with Gasteiger partial charge in [0.15, 0.2) is 0 Å². The topological polar surface area (TPSA) is 89.3 Å². The molecule has 0 aliphatic carbocycles. The van der Waals surface area contributed by atoms with E-state index in [0.717, 1.165) is 41.8 Å². The molecular weight excluding hydrogens is 381 g/mol. The van der Waals surface area contributed by atoms with Gasteiger partial charge in [-0.05, 0) is 17.5 Å². The van der Waals surface area contributed by atoms with Gasteiger partial charge in [0.1, 0.15) is 6.07 Å². The molecular formula is C17H15F3N4O2S. The van der Waals surface area contributed by atoms with E-state index in [1.165, 1.54) is 0 Å². The molecule has 0 spiro atoms. The lowest BCUT2D eigenvalue weighted by atomic mass is 9.91. The number of halogens is 3. The van der Waals surface area contributed by atoms with Gasteiger partial charge in [-0.1, -0.05) is 6.07 Å². The number of aromatic nitrogens is 1. The zero-order valence-corrected chi connectivity index (χ0v) is 14.7. The fourth-order valence-corrected chi connectivity index (χ4v) is 3.86. The molecule has 2 aromatic heterocycles. The fraction of sp³-hybridized carbons (Fsp3) is 0.353. The quantitative estimate of drug-likeness (QED) is 0.812. The number of carboxylic acids is 1. The molecule has 0 aromatic carbocycles. The first-order chi connectivity index (χ1) is 12.8. The molecule has 2 aromatic rings. The number of nitrogens with one attached hydrogen (secondary N) is 1. The Labute approximate surface area is 156 Å². The highest BCUT2D eigenvalue weighted by molar-refractivity contribution is 7.13. The monoisotopic (exact) mass is 396 g/mol. The maximum Gasteiger partial charge on any atom is 0.490 e. The van der Waals surface area contributed by atoms with Crippen molar-refractivity contribution in [2.75, 3.05) is 24.5 Å². The largest absolute Gasteiger partial charge is 0.490 e. The fourth-order valence-electron chi connectivity index (χ4n) is 3.12. The molecule has 27 heavy (non-hydrogen) atoms. The summed E-state index contributed by atoms with van der Waals surface area (Å²) >= 11 is 1.62. The molecule has 2 saturated heterocycles. The van der Waals surface area contributed by atoms with E-state index in [4.69, 9.17) is 9.90 Å². The van der Waals surface area contributed by atoms with Crippen molar-refractivity contribution in [3.8, 4) is 16.6 Å². The maximum absolute atomic E-state index is 10.6. The number of pyridine rings is 1. The van der Waals surface area contributed by atoms with Crippen molar-refractivity contribution in [3.63, 3.8) is 0 Å². The van der Waals surface area contributed by atoms with Gasteiger partial charge in [0, 0.05) is 31.6 Å². The number of carboxylic acid groups (broad SMARTS) is 1. The Morgan fingerprint density at radius 3 is 2.74 bits per heavy atom. The lowest BCUT2D eigenvalue weighted by Gasteiger charge is -2.45. The van der Waals surface area contributed by atoms with Gasteiger partial charge in [0.25, 0.3) is 0 Å². The number of anilines is 1. The number of thiophene rings is 1. The normalized spacial score (nSPS) is 20.7.